The van der Waals surface area contributed by atoms with Crippen molar-refractivity contribution >= 4 is 5.91 Å². The second-order valence-corrected chi connectivity index (χ2v) is 6.33. The molecule has 0 saturated carbocycles. The Kier molecular flexibility index (Phi) is 5.17. The van der Waals surface area contributed by atoms with Gasteiger partial charge in [0.25, 0.3) is 5.91 Å². The minimum atomic E-state index is -0.561. The number of aryl methyl sites for hydroxylation is 1. The molecule has 2 unspecified atom stereocenters. The molecule has 0 spiro atoms. The number of hydrogen-bond donors (Lipinski definition) is 2. The van der Waals surface area contributed by atoms with E-state index in [1.165, 1.54) is 0 Å². The molecule has 1 rings (SSSR count). The van der Waals surface area contributed by atoms with Crippen molar-refractivity contribution in [2.45, 2.75) is 59.2 Å². The first-order valence-corrected chi connectivity index (χ1v) is 6.95. The van der Waals surface area contributed by atoms with Crippen molar-refractivity contribution in [1.82, 2.24) is 5.32 Å². The highest BCUT2D eigenvalue weighted by atomic mass is 16.5. The Bertz CT molecular complexity index is 476. The third-order valence-corrected chi connectivity index (χ3v) is 2.83. The fourth-order valence-corrected chi connectivity index (χ4v) is 1.85. The molecule has 0 bridgehead atoms. The molecule has 20 heavy (non-hydrogen) atoms. The van der Waals surface area contributed by atoms with Crippen molar-refractivity contribution in [3.63, 3.8) is 0 Å². The first-order chi connectivity index (χ1) is 9.10. The Morgan fingerprint density at radius 1 is 1.30 bits per heavy atom. The Morgan fingerprint density at radius 2 is 1.90 bits per heavy atom. The predicted octanol–water partition coefficient (Wildman–Crippen LogP) is 2.70. The molecular weight excluding hydrogens is 252 g/mol. The highest BCUT2D eigenvalue weighted by Gasteiger charge is 2.21. The third-order valence-electron chi connectivity index (χ3n) is 2.83. The Morgan fingerprint density at radius 3 is 2.40 bits per heavy atom. The quantitative estimate of drug-likeness (QED) is 0.890. The van der Waals surface area contributed by atoms with Gasteiger partial charge in [-0.25, -0.2) is 0 Å². The molecule has 0 aliphatic heterocycles. The number of rotatable bonds is 4. The van der Waals surface area contributed by atoms with Crippen LogP contribution in [0.15, 0.2) is 18.2 Å². The van der Waals surface area contributed by atoms with Gasteiger partial charge in [-0.05, 0) is 47.6 Å². The van der Waals surface area contributed by atoms with Gasteiger partial charge in [-0.2, -0.15) is 0 Å². The van der Waals surface area contributed by atoms with Crippen LogP contribution in [0.25, 0.3) is 0 Å². The van der Waals surface area contributed by atoms with Gasteiger partial charge in [0.2, 0.25) is 0 Å². The van der Waals surface area contributed by atoms with Crippen LogP contribution in [-0.4, -0.2) is 17.6 Å². The lowest BCUT2D eigenvalue weighted by Crippen LogP contribution is -2.46. The van der Waals surface area contributed by atoms with Gasteiger partial charge in [-0.15, -0.1) is 0 Å². The number of carbonyl (C=O) groups is 1. The fourth-order valence-electron chi connectivity index (χ4n) is 1.85. The molecule has 4 nitrogen and oxygen atoms in total. The largest absolute Gasteiger partial charge is 0.481 e. The van der Waals surface area contributed by atoms with E-state index in [-0.39, 0.29) is 17.5 Å². The van der Waals surface area contributed by atoms with E-state index in [0.29, 0.717) is 5.75 Å². The van der Waals surface area contributed by atoms with Gasteiger partial charge in [0.1, 0.15) is 5.75 Å². The summed E-state index contributed by atoms with van der Waals surface area (Å²) in [7, 11) is 0. The van der Waals surface area contributed by atoms with Gasteiger partial charge >= 0.3 is 0 Å². The maximum absolute atomic E-state index is 12.0. The summed E-state index contributed by atoms with van der Waals surface area (Å²) >= 11 is 0. The van der Waals surface area contributed by atoms with Crippen molar-refractivity contribution < 1.29 is 9.53 Å². The molecule has 0 aliphatic carbocycles. The molecule has 0 heterocycles. The molecule has 3 N–H and O–H groups in total. The first-order valence-electron chi connectivity index (χ1n) is 6.95. The summed E-state index contributed by atoms with van der Waals surface area (Å²) in [6.07, 6.45) is -0.561. The molecule has 0 aromatic heterocycles. The smallest absolute Gasteiger partial charge is 0.261 e. The van der Waals surface area contributed by atoms with Crippen LogP contribution in [0.5, 0.6) is 5.75 Å². The standard InChI is InChI=1S/C16H26N2O2/c1-10-7-8-14(13(9-10)11(2)17)20-12(3)15(19)18-16(4,5)6/h7-9,11-12H,17H2,1-6H3,(H,18,19). The molecule has 1 aromatic carbocycles. The molecule has 0 saturated heterocycles. The predicted molar refractivity (Wildman–Crippen MR) is 81.8 cm³/mol. The lowest BCUT2D eigenvalue weighted by atomic mass is 10.0. The van der Waals surface area contributed by atoms with Crippen molar-refractivity contribution in [3.8, 4) is 5.75 Å². The summed E-state index contributed by atoms with van der Waals surface area (Å²) in [5.74, 6) is 0.538. The number of amides is 1. The topological polar surface area (TPSA) is 64.3 Å². The lowest BCUT2D eigenvalue weighted by molar-refractivity contribution is -0.128. The van der Waals surface area contributed by atoms with Crippen molar-refractivity contribution in [2.75, 3.05) is 0 Å². The third kappa shape index (κ3) is 4.85. The number of hydrogen-bond acceptors (Lipinski definition) is 3. The molecule has 0 fully saturated rings. The summed E-state index contributed by atoms with van der Waals surface area (Å²) in [5, 5.41) is 2.90. The van der Waals surface area contributed by atoms with Gasteiger partial charge < -0.3 is 15.8 Å². The van der Waals surface area contributed by atoms with E-state index >= 15 is 0 Å². The van der Waals surface area contributed by atoms with Gasteiger partial charge in [-0.3, -0.25) is 4.79 Å². The first kappa shape index (κ1) is 16.5. The second kappa shape index (κ2) is 6.27. The minimum absolute atomic E-state index is 0.131. The summed E-state index contributed by atoms with van der Waals surface area (Å²) < 4.78 is 5.78. The van der Waals surface area contributed by atoms with Gasteiger partial charge in [0.15, 0.2) is 6.10 Å². The van der Waals surface area contributed by atoms with Crippen molar-refractivity contribution in [1.29, 1.82) is 0 Å². The van der Waals surface area contributed by atoms with E-state index in [1.807, 2.05) is 52.8 Å². The minimum Gasteiger partial charge on any atom is -0.481 e. The average Bonchev–Trinajstić information content (AvgIpc) is 2.28. The van der Waals surface area contributed by atoms with Crippen LogP contribution < -0.4 is 15.8 Å². The number of ether oxygens (including phenoxy) is 1. The van der Waals surface area contributed by atoms with Crippen LogP contribution in [0.4, 0.5) is 0 Å². The number of nitrogens with one attached hydrogen (secondary N) is 1. The second-order valence-electron chi connectivity index (χ2n) is 6.33. The van der Waals surface area contributed by atoms with Crippen LogP contribution in [0, 0.1) is 6.92 Å². The monoisotopic (exact) mass is 278 g/mol. The normalized spacial score (nSPS) is 14.6. The van der Waals surface area contributed by atoms with E-state index in [0.717, 1.165) is 11.1 Å². The maximum atomic E-state index is 12.0. The molecule has 112 valence electrons. The van der Waals surface area contributed by atoms with E-state index in [9.17, 15) is 4.79 Å². The SMILES string of the molecule is Cc1ccc(OC(C)C(=O)NC(C)(C)C)c(C(C)N)c1. The molecule has 2 atom stereocenters. The fraction of sp³-hybridized carbons (Fsp3) is 0.562. The van der Waals surface area contributed by atoms with Gasteiger partial charge in [0.05, 0.1) is 0 Å². The van der Waals surface area contributed by atoms with Gasteiger partial charge in [-0.1, -0.05) is 17.7 Å². The zero-order valence-corrected chi connectivity index (χ0v) is 13.3. The van der Waals surface area contributed by atoms with E-state index in [4.69, 9.17) is 10.5 Å². The highest BCUT2D eigenvalue weighted by Crippen LogP contribution is 2.26. The Balaban J connectivity index is 2.85. The van der Waals surface area contributed by atoms with Crippen LogP contribution in [0.3, 0.4) is 0 Å². The van der Waals surface area contributed by atoms with Crippen molar-refractivity contribution in [3.05, 3.63) is 29.3 Å². The highest BCUT2D eigenvalue weighted by molar-refractivity contribution is 5.81. The average molecular weight is 278 g/mol. The number of nitrogens with two attached hydrogens (primary N) is 1. The van der Waals surface area contributed by atoms with E-state index < -0.39 is 6.10 Å². The molecule has 0 aliphatic rings. The molecule has 1 amide bonds. The van der Waals surface area contributed by atoms with Crippen LogP contribution in [0.1, 0.15) is 51.8 Å². The van der Waals surface area contributed by atoms with E-state index in [1.54, 1.807) is 6.92 Å². The Hall–Kier alpha value is -1.55. The number of benzene rings is 1. The van der Waals surface area contributed by atoms with Crippen LogP contribution in [-0.2, 0) is 4.79 Å². The molecular formula is C16H26N2O2. The van der Waals surface area contributed by atoms with Crippen LogP contribution >= 0.6 is 0 Å². The molecule has 1 aromatic rings. The zero-order valence-electron chi connectivity index (χ0n) is 13.3. The summed E-state index contributed by atoms with van der Waals surface area (Å²) in [6.45, 7) is 11.5. The maximum Gasteiger partial charge on any atom is 0.261 e. The summed E-state index contributed by atoms with van der Waals surface area (Å²) in [5.41, 5.74) is 7.72. The molecule has 0 radical (unpaired) electrons. The van der Waals surface area contributed by atoms with Crippen molar-refractivity contribution in [2.24, 2.45) is 5.73 Å². The lowest BCUT2D eigenvalue weighted by Gasteiger charge is -2.24. The van der Waals surface area contributed by atoms with Gasteiger partial charge in [0, 0.05) is 17.1 Å². The summed E-state index contributed by atoms with van der Waals surface area (Å²) in [4.78, 5) is 12.0. The zero-order chi connectivity index (χ0) is 15.5. The molecule has 4 heteroatoms. The summed E-state index contributed by atoms with van der Waals surface area (Å²) in [6, 6.07) is 5.68. The number of carbonyl (C=O) groups excluding carboxylic acids is 1. The Labute approximate surface area is 121 Å². The van der Waals surface area contributed by atoms with E-state index in [2.05, 4.69) is 5.32 Å². The van der Waals surface area contributed by atoms with Crippen LogP contribution in [0.2, 0.25) is 0 Å².